The van der Waals surface area contributed by atoms with Gasteiger partial charge in [-0.3, -0.25) is 19.9 Å². The Labute approximate surface area is 190 Å². The van der Waals surface area contributed by atoms with Crippen molar-refractivity contribution in [2.24, 2.45) is 16.6 Å². The summed E-state index contributed by atoms with van der Waals surface area (Å²) in [5.41, 5.74) is 5.98. The Hall–Kier alpha value is -2.97. The Balaban J connectivity index is 2.64. The average molecular weight is 449 g/mol. The molecule has 1 aromatic rings. The number of benzene rings is 1. The number of hydrogen-bond acceptors (Lipinski definition) is 6. The Morgan fingerprint density at radius 1 is 1.22 bits per heavy atom. The summed E-state index contributed by atoms with van der Waals surface area (Å²) in [5.74, 6) is 0.0549. The molecule has 1 rings (SSSR count). The largest absolute Gasteiger partial charge is 0.444 e. The van der Waals surface area contributed by atoms with Crippen LogP contribution in [0, 0.1) is 16.0 Å². The second-order valence-electron chi connectivity index (χ2n) is 9.02. The highest BCUT2D eigenvalue weighted by Gasteiger charge is 2.25. The van der Waals surface area contributed by atoms with Crippen LogP contribution in [0.4, 0.5) is 4.79 Å². The van der Waals surface area contributed by atoms with Crippen molar-refractivity contribution in [2.45, 2.75) is 71.4 Å². The van der Waals surface area contributed by atoms with Gasteiger partial charge in [-0.25, -0.2) is 4.79 Å². The minimum atomic E-state index is -0.665. The molecular weight excluding hydrogens is 412 g/mol. The molecular formula is C23H36N4O5. The van der Waals surface area contributed by atoms with Crippen molar-refractivity contribution < 1.29 is 19.2 Å². The van der Waals surface area contributed by atoms with Crippen LogP contribution in [0.2, 0.25) is 0 Å². The molecule has 1 amide bonds. The number of nitrogens with zero attached hydrogens (tertiary/aromatic N) is 2. The number of carbonyl (C=O) groups excluding carboxylic acids is 2. The van der Waals surface area contributed by atoms with Crippen LogP contribution in [-0.2, 0) is 16.0 Å². The van der Waals surface area contributed by atoms with E-state index in [0.29, 0.717) is 32.2 Å². The van der Waals surface area contributed by atoms with E-state index in [2.05, 4.69) is 10.3 Å². The van der Waals surface area contributed by atoms with Gasteiger partial charge in [-0.1, -0.05) is 37.3 Å². The fourth-order valence-corrected chi connectivity index (χ4v) is 3.20. The number of Topliss-reactive ketones (excluding diaryl/α,β-unsaturated/α-hetero) is 1. The number of nitrogens with two attached hydrogens (primary N) is 1. The number of carbonyl (C=O) groups is 2. The molecule has 0 saturated carbocycles. The van der Waals surface area contributed by atoms with E-state index >= 15 is 0 Å². The SMILES string of the molecule is CC(CC(=O)C(CCCCN=C(N)C[N+](=O)[O-])NC(=O)OC(C)(C)C)Cc1ccccc1. The van der Waals surface area contributed by atoms with E-state index in [1.165, 1.54) is 0 Å². The first-order valence-corrected chi connectivity index (χ1v) is 10.9. The number of hydrogen-bond donors (Lipinski definition) is 2. The summed E-state index contributed by atoms with van der Waals surface area (Å²) in [5, 5.41) is 13.1. The summed E-state index contributed by atoms with van der Waals surface area (Å²) in [6.45, 7) is 7.15. The van der Waals surface area contributed by atoms with E-state index in [4.69, 9.17) is 10.5 Å². The molecule has 9 nitrogen and oxygen atoms in total. The lowest BCUT2D eigenvalue weighted by atomic mass is 9.92. The van der Waals surface area contributed by atoms with Gasteiger partial charge in [0.25, 0.3) is 6.54 Å². The van der Waals surface area contributed by atoms with Crippen LogP contribution >= 0.6 is 0 Å². The molecule has 3 N–H and O–H groups in total. The van der Waals surface area contributed by atoms with Gasteiger partial charge in [0.1, 0.15) is 5.60 Å². The zero-order valence-electron chi connectivity index (χ0n) is 19.5. The maximum atomic E-state index is 12.9. The van der Waals surface area contributed by atoms with Crippen LogP contribution < -0.4 is 11.1 Å². The maximum absolute atomic E-state index is 12.9. The van der Waals surface area contributed by atoms with Gasteiger partial charge in [0.2, 0.25) is 0 Å². The van der Waals surface area contributed by atoms with Crippen LogP contribution in [0.5, 0.6) is 0 Å². The monoisotopic (exact) mass is 448 g/mol. The first-order valence-electron chi connectivity index (χ1n) is 10.9. The highest BCUT2D eigenvalue weighted by molar-refractivity contribution is 5.87. The number of ether oxygens (including phenoxy) is 1. The summed E-state index contributed by atoms with van der Waals surface area (Å²) in [7, 11) is 0. The molecule has 2 atom stereocenters. The van der Waals surface area contributed by atoms with E-state index in [1.54, 1.807) is 20.8 Å². The van der Waals surface area contributed by atoms with Crippen molar-refractivity contribution in [3.8, 4) is 0 Å². The number of amides is 1. The highest BCUT2D eigenvalue weighted by Crippen LogP contribution is 2.16. The van der Waals surface area contributed by atoms with Crippen molar-refractivity contribution in [3.63, 3.8) is 0 Å². The van der Waals surface area contributed by atoms with Gasteiger partial charge >= 0.3 is 6.09 Å². The molecule has 32 heavy (non-hydrogen) atoms. The maximum Gasteiger partial charge on any atom is 0.408 e. The molecule has 0 aliphatic carbocycles. The lowest BCUT2D eigenvalue weighted by Crippen LogP contribution is -2.44. The summed E-state index contributed by atoms with van der Waals surface area (Å²) in [6.07, 6.45) is 2.12. The Morgan fingerprint density at radius 3 is 2.47 bits per heavy atom. The zero-order chi connectivity index (χ0) is 24.1. The van der Waals surface area contributed by atoms with Gasteiger partial charge in [0.15, 0.2) is 11.6 Å². The van der Waals surface area contributed by atoms with E-state index in [0.717, 1.165) is 12.0 Å². The van der Waals surface area contributed by atoms with Gasteiger partial charge in [-0.05, 0) is 57.9 Å². The van der Waals surface area contributed by atoms with E-state index in [9.17, 15) is 19.7 Å². The van der Waals surface area contributed by atoms with Gasteiger partial charge < -0.3 is 15.8 Å². The van der Waals surface area contributed by atoms with Crippen molar-refractivity contribution in [1.82, 2.24) is 5.32 Å². The summed E-state index contributed by atoms with van der Waals surface area (Å²) >= 11 is 0. The van der Waals surface area contributed by atoms with Crippen molar-refractivity contribution in [2.75, 3.05) is 13.1 Å². The topological polar surface area (TPSA) is 137 Å². The van der Waals surface area contributed by atoms with Gasteiger partial charge in [-0.2, -0.15) is 0 Å². The van der Waals surface area contributed by atoms with E-state index in [1.807, 2.05) is 37.3 Å². The highest BCUT2D eigenvalue weighted by atomic mass is 16.6. The second-order valence-corrected chi connectivity index (χ2v) is 9.02. The summed E-state index contributed by atoms with van der Waals surface area (Å²) in [4.78, 5) is 39.0. The third-order valence-corrected chi connectivity index (χ3v) is 4.56. The van der Waals surface area contributed by atoms with Crippen molar-refractivity contribution in [3.05, 3.63) is 46.0 Å². The van der Waals surface area contributed by atoms with Gasteiger partial charge in [-0.15, -0.1) is 0 Å². The number of nitro groups is 1. The second kappa shape index (κ2) is 13.4. The molecule has 0 aliphatic rings. The minimum Gasteiger partial charge on any atom is -0.444 e. The predicted octanol–water partition coefficient (Wildman–Crippen LogP) is 3.52. The molecule has 0 spiro atoms. The molecule has 0 aromatic heterocycles. The lowest BCUT2D eigenvalue weighted by molar-refractivity contribution is -0.463. The van der Waals surface area contributed by atoms with E-state index in [-0.39, 0.29) is 17.5 Å². The summed E-state index contributed by atoms with van der Waals surface area (Å²) < 4.78 is 5.31. The Bertz CT molecular complexity index is 774. The van der Waals surface area contributed by atoms with Crippen LogP contribution in [0.3, 0.4) is 0 Å². The predicted molar refractivity (Wildman–Crippen MR) is 124 cm³/mol. The number of alkyl carbamates (subject to hydrolysis) is 1. The van der Waals surface area contributed by atoms with Gasteiger partial charge in [0.05, 0.1) is 6.04 Å². The summed E-state index contributed by atoms with van der Waals surface area (Å²) in [6, 6.07) is 9.29. The number of amidine groups is 1. The smallest absolute Gasteiger partial charge is 0.408 e. The third-order valence-electron chi connectivity index (χ3n) is 4.56. The Kier molecular flexibility index (Phi) is 11.4. The molecule has 0 radical (unpaired) electrons. The normalized spacial score (nSPS) is 13.8. The van der Waals surface area contributed by atoms with E-state index < -0.39 is 29.2 Å². The third kappa shape index (κ3) is 12.7. The zero-order valence-corrected chi connectivity index (χ0v) is 19.5. The van der Waals surface area contributed by atoms with Crippen LogP contribution in [0.1, 0.15) is 58.9 Å². The fraction of sp³-hybridized carbons (Fsp3) is 0.609. The quantitative estimate of drug-likeness (QED) is 0.156. The molecule has 9 heteroatoms. The molecule has 1 aromatic carbocycles. The Morgan fingerprint density at radius 2 is 1.88 bits per heavy atom. The van der Waals surface area contributed by atoms with Crippen LogP contribution in [-0.4, -0.2) is 47.4 Å². The molecule has 2 unspecified atom stereocenters. The van der Waals surface area contributed by atoms with Crippen LogP contribution in [0.15, 0.2) is 35.3 Å². The van der Waals surface area contributed by atoms with Gasteiger partial charge in [0, 0.05) is 17.9 Å². The van der Waals surface area contributed by atoms with Crippen LogP contribution in [0.25, 0.3) is 0 Å². The average Bonchev–Trinajstić information content (AvgIpc) is 2.65. The number of rotatable bonds is 13. The number of ketones is 1. The first kappa shape index (κ1) is 27.1. The number of aliphatic imine (C=N–C) groups is 1. The fourth-order valence-electron chi connectivity index (χ4n) is 3.20. The molecule has 178 valence electrons. The standard InChI is InChI=1S/C23H36N4O5/c1-17(14-18-10-6-5-7-11-18)15-20(28)19(26-22(29)32-23(2,3)4)12-8-9-13-25-21(24)16-27(30)31/h5-7,10-11,17,19H,8-9,12-16H2,1-4H3,(H2,24,25)(H,26,29). The molecule has 0 bridgehead atoms. The molecule has 0 saturated heterocycles. The minimum absolute atomic E-state index is 0.0238. The van der Waals surface area contributed by atoms with Crippen molar-refractivity contribution in [1.29, 1.82) is 0 Å². The molecule has 0 aliphatic heterocycles. The molecule has 0 fully saturated rings. The number of nitrogens with one attached hydrogen (secondary N) is 1. The molecule has 0 heterocycles. The number of unbranched alkanes of at least 4 members (excludes halogenated alkanes) is 1. The first-order chi connectivity index (χ1) is 15.0. The lowest BCUT2D eigenvalue weighted by Gasteiger charge is -2.24. The van der Waals surface area contributed by atoms with Crippen molar-refractivity contribution >= 4 is 17.7 Å².